The number of nitro groups is 1. The third kappa shape index (κ3) is 5.27. The SMILES string of the molecule is CSC.O=C(CBr)c1ccc([N+](=O)[O-])cc1. The normalized spacial score (nSPS) is 8.94. The molecule has 0 spiro atoms. The molecule has 0 bridgehead atoms. The van der Waals surface area contributed by atoms with Crippen LogP contribution in [0, 0.1) is 10.1 Å². The molecule has 0 heterocycles. The van der Waals surface area contributed by atoms with Gasteiger partial charge in [0.2, 0.25) is 0 Å². The Morgan fingerprint density at radius 1 is 1.38 bits per heavy atom. The molecule has 0 atom stereocenters. The molecule has 1 rings (SSSR count). The average Bonchev–Trinajstić information content (AvgIpc) is 2.29. The lowest BCUT2D eigenvalue weighted by Gasteiger charge is -1.95. The van der Waals surface area contributed by atoms with Crippen LogP contribution in [0.2, 0.25) is 0 Å². The Hall–Kier alpha value is -0.880. The number of non-ortho nitro benzene ring substituents is 1. The molecule has 0 fully saturated rings. The van der Waals surface area contributed by atoms with Crippen LogP contribution in [0.25, 0.3) is 0 Å². The second-order valence-electron chi connectivity index (χ2n) is 2.77. The molecule has 16 heavy (non-hydrogen) atoms. The third-order valence-corrected chi connectivity index (χ3v) is 2.03. The van der Waals surface area contributed by atoms with E-state index in [4.69, 9.17) is 0 Å². The number of carbonyl (C=O) groups excluding carboxylic acids is 1. The van der Waals surface area contributed by atoms with Gasteiger partial charge in [-0.2, -0.15) is 11.8 Å². The van der Waals surface area contributed by atoms with Crippen molar-refractivity contribution in [2.45, 2.75) is 0 Å². The lowest BCUT2D eigenvalue weighted by molar-refractivity contribution is -0.384. The highest BCUT2D eigenvalue weighted by molar-refractivity contribution is 9.09. The predicted molar refractivity (Wildman–Crippen MR) is 70.7 cm³/mol. The van der Waals surface area contributed by atoms with Crippen LogP contribution in [0.1, 0.15) is 10.4 Å². The van der Waals surface area contributed by atoms with Crippen LogP contribution in [-0.2, 0) is 0 Å². The zero-order valence-electron chi connectivity index (χ0n) is 8.97. The van der Waals surface area contributed by atoms with Crippen molar-refractivity contribution in [2.24, 2.45) is 0 Å². The zero-order valence-corrected chi connectivity index (χ0v) is 11.4. The van der Waals surface area contributed by atoms with Gasteiger partial charge in [0.05, 0.1) is 10.3 Å². The minimum absolute atomic E-state index is 0.00822. The number of Topliss-reactive ketones (excluding diaryl/α,β-unsaturated/α-hetero) is 1. The van der Waals surface area contributed by atoms with E-state index in [0.717, 1.165) is 0 Å². The van der Waals surface area contributed by atoms with E-state index in [2.05, 4.69) is 15.9 Å². The van der Waals surface area contributed by atoms with Crippen molar-refractivity contribution in [3.63, 3.8) is 0 Å². The van der Waals surface area contributed by atoms with Crippen molar-refractivity contribution in [1.29, 1.82) is 0 Å². The highest BCUT2D eigenvalue weighted by Gasteiger charge is 2.07. The maximum Gasteiger partial charge on any atom is 0.269 e. The molecule has 1 aromatic carbocycles. The van der Waals surface area contributed by atoms with Gasteiger partial charge in [-0.3, -0.25) is 14.9 Å². The standard InChI is InChI=1S/C8H6BrNO3.C2H6S/c9-5-8(11)6-1-3-7(4-2-6)10(12)13;1-3-2/h1-4H,5H2;1-2H3. The highest BCUT2D eigenvalue weighted by Crippen LogP contribution is 2.12. The van der Waals surface area contributed by atoms with Gasteiger partial charge in [0, 0.05) is 17.7 Å². The molecule has 0 saturated heterocycles. The van der Waals surface area contributed by atoms with Gasteiger partial charge in [-0.25, -0.2) is 0 Å². The van der Waals surface area contributed by atoms with Crippen molar-refractivity contribution in [3.8, 4) is 0 Å². The first-order valence-electron chi connectivity index (χ1n) is 4.30. The summed E-state index contributed by atoms with van der Waals surface area (Å²) in [5.41, 5.74) is 0.466. The van der Waals surface area contributed by atoms with Crippen LogP contribution in [0.4, 0.5) is 5.69 Å². The molecular weight excluding hydrogens is 294 g/mol. The van der Waals surface area contributed by atoms with Gasteiger partial charge < -0.3 is 0 Å². The summed E-state index contributed by atoms with van der Waals surface area (Å²) in [6.45, 7) is 0. The molecule has 0 unspecified atom stereocenters. The van der Waals surface area contributed by atoms with Gasteiger partial charge in [-0.05, 0) is 24.6 Å². The molecule has 1 aromatic rings. The van der Waals surface area contributed by atoms with Gasteiger partial charge in [0.25, 0.3) is 5.69 Å². The average molecular weight is 306 g/mol. The fourth-order valence-electron chi connectivity index (χ4n) is 0.846. The number of nitro benzene ring substituents is 1. The lowest BCUT2D eigenvalue weighted by atomic mass is 10.1. The number of halogens is 1. The van der Waals surface area contributed by atoms with E-state index in [-0.39, 0.29) is 16.8 Å². The molecule has 6 heteroatoms. The predicted octanol–water partition coefficient (Wildman–Crippen LogP) is 3.15. The quantitative estimate of drug-likeness (QED) is 0.372. The van der Waals surface area contributed by atoms with Crippen molar-refractivity contribution in [3.05, 3.63) is 39.9 Å². The largest absolute Gasteiger partial charge is 0.293 e. The Bertz CT molecular complexity index is 354. The van der Waals surface area contributed by atoms with Crippen LogP contribution in [0.5, 0.6) is 0 Å². The molecule has 0 aromatic heterocycles. The number of hydrogen-bond acceptors (Lipinski definition) is 4. The van der Waals surface area contributed by atoms with Crippen molar-refractivity contribution < 1.29 is 9.72 Å². The summed E-state index contributed by atoms with van der Waals surface area (Å²) in [5, 5.41) is 10.5. The van der Waals surface area contributed by atoms with Crippen LogP contribution in [-0.4, -0.2) is 28.5 Å². The molecule has 0 saturated carbocycles. The topological polar surface area (TPSA) is 60.2 Å². The van der Waals surface area contributed by atoms with E-state index in [1.54, 1.807) is 11.8 Å². The Labute approximate surface area is 107 Å². The van der Waals surface area contributed by atoms with E-state index in [0.29, 0.717) is 5.56 Å². The molecule has 0 radical (unpaired) electrons. The Kier molecular flexibility index (Phi) is 7.84. The Balaban J connectivity index is 0.000000673. The summed E-state index contributed by atoms with van der Waals surface area (Å²) in [6, 6.07) is 5.52. The molecule has 0 aliphatic heterocycles. The van der Waals surface area contributed by atoms with E-state index in [1.807, 2.05) is 12.5 Å². The number of thioether (sulfide) groups is 1. The minimum atomic E-state index is -0.498. The fourth-order valence-corrected chi connectivity index (χ4v) is 1.17. The highest BCUT2D eigenvalue weighted by atomic mass is 79.9. The van der Waals surface area contributed by atoms with Gasteiger partial charge in [-0.15, -0.1) is 0 Å². The summed E-state index contributed by atoms with van der Waals surface area (Å²) < 4.78 is 0. The van der Waals surface area contributed by atoms with Crippen LogP contribution in [0.15, 0.2) is 24.3 Å². The van der Waals surface area contributed by atoms with Crippen LogP contribution < -0.4 is 0 Å². The van der Waals surface area contributed by atoms with E-state index in [1.165, 1.54) is 24.3 Å². The summed E-state index contributed by atoms with van der Waals surface area (Å²) in [4.78, 5) is 20.8. The monoisotopic (exact) mass is 305 g/mol. The fraction of sp³-hybridized carbons (Fsp3) is 0.300. The second-order valence-corrected chi connectivity index (χ2v) is 4.15. The van der Waals surface area contributed by atoms with E-state index >= 15 is 0 Å². The van der Waals surface area contributed by atoms with Gasteiger partial charge in [0.15, 0.2) is 5.78 Å². The number of nitrogens with zero attached hydrogens (tertiary/aromatic N) is 1. The molecule has 0 aliphatic rings. The summed E-state index contributed by atoms with van der Waals surface area (Å²) in [5.74, 6) is -0.0881. The van der Waals surface area contributed by atoms with Crippen LogP contribution >= 0.6 is 27.7 Å². The van der Waals surface area contributed by atoms with Crippen molar-refractivity contribution >= 4 is 39.2 Å². The minimum Gasteiger partial charge on any atom is -0.293 e. The van der Waals surface area contributed by atoms with Gasteiger partial charge in [-0.1, -0.05) is 15.9 Å². The first kappa shape index (κ1) is 15.1. The number of alkyl halides is 1. The van der Waals surface area contributed by atoms with E-state index < -0.39 is 4.92 Å². The van der Waals surface area contributed by atoms with Gasteiger partial charge in [0.1, 0.15) is 0 Å². The summed E-state index contributed by atoms with van der Waals surface area (Å²) in [7, 11) is 0. The number of hydrogen-bond donors (Lipinski definition) is 0. The summed E-state index contributed by atoms with van der Waals surface area (Å²) >= 11 is 4.77. The molecular formula is C10H12BrNO3S. The molecule has 0 aliphatic carbocycles. The zero-order chi connectivity index (χ0) is 12.6. The molecule has 88 valence electrons. The lowest BCUT2D eigenvalue weighted by Crippen LogP contribution is -1.99. The Morgan fingerprint density at radius 2 is 1.81 bits per heavy atom. The third-order valence-electron chi connectivity index (χ3n) is 1.52. The first-order valence-corrected chi connectivity index (χ1v) is 7.06. The maximum atomic E-state index is 11.1. The summed E-state index contributed by atoms with van der Waals surface area (Å²) in [6.07, 6.45) is 4.08. The number of carbonyl (C=O) groups is 1. The molecule has 0 amide bonds. The number of ketones is 1. The second kappa shape index (κ2) is 8.29. The molecule has 4 nitrogen and oxygen atoms in total. The Morgan fingerprint density at radius 3 is 2.12 bits per heavy atom. The van der Waals surface area contributed by atoms with Gasteiger partial charge >= 0.3 is 0 Å². The van der Waals surface area contributed by atoms with E-state index in [9.17, 15) is 14.9 Å². The number of rotatable bonds is 3. The van der Waals surface area contributed by atoms with Crippen molar-refractivity contribution in [2.75, 3.05) is 17.8 Å². The van der Waals surface area contributed by atoms with Crippen molar-refractivity contribution in [1.82, 2.24) is 0 Å². The van der Waals surface area contributed by atoms with Crippen LogP contribution in [0.3, 0.4) is 0 Å². The number of benzene rings is 1. The maximum absolute atomic E-state index is 11.1. The smallest absolute Gasteiger partial charge is 0.269 e. The molecule has 0 N–H and O–H groups in total. The first-order chi connectivity index (χ1) is 7.56.